The van der Waals surface area contributed by atoms with E-state index >= 15 is 0 Å². The van der Waals surface area contributed by atoms with Crippen LogP contribution in [0.4, 0.5) is 4.39 Å². The van der Waals surface area contributed by atoms with Crippen LogP contribution in [0.15, 0.2) is 40.1 Å². The van der Waals surface area contributed by atoms with Gasteiger partial charge in [-0.1, -0.05) is 0 Å². The number of fused-ring (bicyclic) bond motifs is 3. The largest absolute Gasteiger partial charge is 0.493 e. The maximum atomic E-state index is 13.7. The lowest BCUT2D eigenvalue weighted by Gasteiger charge is -2.34. The van der Waals surface area contributed by atoms with E-state index in [1.54, 1.807) is 17.1 Å². The van der Waals surface area contributed by atoms with Crippen LogP contribution in [-0.4, -0.2) is 73.1 Å². The van der Waals surface area contributed by atoms with Crippen molar-refractivity contribution in [3.8, 4) is 28.7 Å². The predicted octanol–water partition coefficient (Wildman–Crippen LogP) is 1.74. The van der Waals surface area contributed by atoms with Crippen molar-refractivity contribution in [2.45, 2.75) is 31.3 Å². The number of aromatic amines is 1. The third-order valence-electron chi connectivity index (χ3n) is 8.59. The summed E-state index contributed by atoms with van der Waals surface area (Å²) in [4.78, 5) is 64.6. The molecule has 0 unspecified atom stereocenters. The molecule has 2 aromatic carbocycles. The summed E-state index contributed by atoms with van der Waals surface area (Å²) in [7, 11) is 2.78. The highest BCUT2D eigenvalue weighted by molar-refractivity contribution is 7.98. The predicted molar refractivity (Wildman–Crippen MR) is 167 cm³/mol. The number of hydrogen-bond acceptors (Lipinski definition) is 12. The minimum Gasteiger partial charge on any atom is -0.493 e. The number of hydrogen-bond donors (Lipinski definition) is 2. The number of cyclic esters (lactones) is 1. The van der Waals surface area contributed by atoms with E-state index in [2.05, 4.69) is 5.32 Å². The Morgan fingerprint density at radius 3 is 2.48 bits per heavy atom. The summed E-state index contributed by atoms with van der Waals surface area (Å²) >= 11 is 1.43. The zero-order valence-electron chi connectivity index (χ0n) is 26.2. The van der Waals surface area contributed by atoms with Crippen molar-refractivity contribution in [2.75, 3.05) is 39.6 Å². The highest BCUT2D eigenvalue weighted by Gasteiger charge is 2.48. The number of carbonyl (C=O) groups is 3. The number of nitrogens with one attached hydrogen (secondary N) is 2. The molecule has 1 aromatic heterocycles. The van der Waals surface area contributed by atoms with Crippen LogP contribution >= 0.6 is 11.8 Å². The second kappa shape index (κ2) is 13.6. The number of benzene rings is 2. The zero-order valence-corrected chi connectivity index (χ0v) is 27.0. The van der Waals surface area contributed by atoms with E-state index in [0.717, 1.165) is 11.1 Å². The highest BCUT2D eigenvalue weighted by Crippen LogP contribution is 2.52. The lowest BCUT2D eigenvalue weighted by molar-refractivity contribution is -0.141. The van der Waals surface area contributed by atoms with Crippen LogP contribution in [-0.2, 0) is 32.1 Å². The maximum Gasteiger partial charge on any atom is 0.334 e. The molecule has 254 valence electrons. The van der Waals surface area contributed by atoms with Gasteiger partial charge in [-0.25, -0.2) is 9.59 Å². The minimum atomic E-state index is -1.24. The quantitative estimate of drug-likeness (QED) is 0.222. The third kappa shape index (κ3) is 6.31. The number of methoxy groups -OCH3 is 2. The Balaban J connectivity index is 1.30. The molecular weight excluding hydrogens is 653 g/mol. The van der Waals surface area contributed by atoms with Crippen molar-refractivity contribution < 1.29 is 47.2 Å². The van der Waals surface area contributed by atoms with Gasteiger partial charge in [0.05, 0.1) is 32.9 Å². The summed E-state index contributed by atoms with van der Waals surface area (Å²) in [5, 5.41) is 2.53. The van der Waals surface area contributed by atoms with Gasteiger partial charge in [0.25, 0.3) is 5.56 Å². The van der Waals surface area contributed by atoms with Crippen molar-refractivity contribution in [1.82, 2.24) is 14.9 Å². The summed E-state index contributed by atoms with van der Waals surface area (Å²) in [6, 6.07) is 5.98. The van der Waals surface area contributed by atoms with E-state index in [-0.39, 0.29) is 49.0 Å². The smallest absolute Gasteiger partial charge is 0.334 e. The Labute approximate surface area is 276 Å². The van der Waals surface area contributed by atoms with Gasteiger partial charge in [0.15, 0.2) is 23.0 Å². The molecule has 1 fully saturated rings. The molecule has 1 saturated heterocycles. The van der Waals surface area contributed by atoms with E-state index in [1.165, 1.54) is 26.0 Å². The van der Waals surface area contributed by atoms with Gasteiger partial charge in [0, 0.05) is 11.8 Å². The first-order chi connectivity index (χ1) is 23.1. The Morgan fingerprint density at radius 2 is 1.79 bits per heavy atom. The van der Waals surface area contributed by atoms with Crippen molar-refractivity contribution in [3.63, 3.8) is 0 Å². The van der Waals surface area contributed by atoms with Gasteiger partial charge in [-0.15, -0.1) is 0 Å². The fourth-order valence-corrected chi connectivity index (χ4v) is 6.81. The lowest BCUT2D eigenvalue weighted by atomic mass is 9.67. The SMILES string of the molecule is COc1cc([C@@H]2c3cc4c(cc3C[C@H]3COC(=O)[C@@H]32)OCO4)cc(OC)c1OC(=O)[C@H](CCSC)NC(=O)Cn1cc(F)c(=O)[nH]c1=O. The van der Waals surface area contributed by atoms with E-state index < -0.39 is 53.4 Å². The summed E-state index contributed by atoms with van der Waals surface area (Å²) in [6.45, 7) is -0.278. The number of halogens is 1. The van der Waals surface area contributed by atoms with Crippen molar-refractivity contribution in [1.29, 1.82) is 0 Å². The van der Waals surface area contributed by atoms with Gasteiger partial charge in [-0.3, -0.25) is 23.9 Å². The summed E-state index contributed by atoms with van der Waals surface area (Å²) in [5.74, 6) is -2.36. The lowest BCUT2D eigenvalue weighted by Crippen LogP contribution is -2.46. The summed E-state index contributed by atoms with van der Waals surface area (Å²) < 4.78 is 48.3. The molecule has 1 aliphatic carbocycles. The van der Waals surface area contributed by atoms with Gasteiger partial charge in [-0.2, -0.15) is 16.2 Å². The number of nitrogens with zero attached hydrogens (tertiary/aromatic N) is 1. The Morgan fingerprint density at radius 1 is 1.08 bits per heavy atom. The van der Waals surface area contributed by atoms with E-state index in [4.69, 9.17) is 28.4 Å². The van der Waals surface area contributed by atoms with Crippen LogP contribution in [0.25, 0.3) is 0 Å². The van der Waals surface area contributed by atoms with Crippen LogP contribution in [0.3, 0.4) is 0 Å². The van der Waals surface area contributed by atoms with Gasteiger partial charge in [0.1, 0.15) is 12.6 Å². The first kappa shape index (κ1) is 32.9. The number of aromatic nitrogens is 2. The minimum absolute atomic E-state index is 0.0525. The molecule has 1 amide bonds. The molecule has 0 radical (unpaired) electrons. The molecule has 0 bridgehead atoms. The fourth-order valence-electron chi connectivity index (χ4n) is 6.34. The van der Waals surface area contributed by atoms with Crippen LogP contribution in [0.1, 0.15) is 29.0 Å². The number of H-pyrrole nitrogens is 1. The first-order valence-corrected chi connectivity index (χ1v) is 16.3. The van der Waals surface area contributed by atoms with E-state index in [0.29, 0.717) is 40.0 Å². The van der Waals surface area contributed by atoms with Crippen LogP contribution in [0.2, 0.25) is 0 Å². The summed E-state index contributed by atoms with van der Waals surface area (Å²) in [5.41, 5.74) is 0.321. The molecule has 0 saturated carbocycles. The summed E-state index contributed by atoms with van der Waals surface area (Å²) in [6.07, 6.45) is 3.21. The van der Waals surface area contributed by atoms with Gasteiger partial charge < -0.3 is 33.7 Å². The van der Waals surface area contributed by atoms with Gasteiger partial charge in [0.2, 0.25) is 24.3 Å². The normalized spacial score (nSPS) is 19.5. The van der Waals surface area contributed by atoms with Crippen LogP contribution < -0.4 is 40.3 Å². The molecular formula is C32H32FN3O11S. The highest BCUT2D eigenvalue weighted by atomic mass is 32.2. The van der Waals surface area contributed by atoms with Gasteiger partial charge >= 0.3 is 17.6 Å². The molecule has 14 nitrogen and oxygen atoms in total. The van der Waals surface area contributed by atoms with E-state index in [9.17, 15) is 28.4 Å². The Hall–Kier alpha value is -4.99. The number of esters is 2. The maximum absolute atomic E-state index is 13.7. The molecule has 4 atom stereocenters. The van der Waals surface area contributed by atoms with Crippen LogP contribution in [0.5, 0.6) is 28.7 Å². The molecule has 2 N–H and O–H groups in total. The number of amides is 1. The topological polar surface area (TPSA) is 173 Å². The molecule has 2 aliphatic heterocycles. The second-order valence-electron chi connectivity index (χ2n) is 11.4. The first-order valence-electron chi connectivity index (χ1n) is 15.0. The fraction of sp³-hybridized carbons (Fsp3) is 0.406. The zero-order chi connectivity index (χ0) is 34.1. The number of thioether (sulfide) groups is 1. The molecule has 3 aliphatic rings. The standard InChI is InChI=1S/C32H32FN3O11S/c1-42-23-8-16(26-18-10-22-21(45-14-46-22)7-15(18)6-17-13-44-31(40)27(17)26)9-24(43-2)28(23)47-30(39)20(4-5-48-3)34-25(37)12-36-11-19(33)29(38)35-32(36)41/h7-11,17,20,26-27H,4-6,12-14H2,1-3H3,(H,34,37)(H,35,38,41)/t17-,20-,26+,27-/m0/s1. The van der Waals surface area contributed by atoms with E-state index in [1.807, 2.05) is 18.4 Å². The average molecular weight is 686 g/mol. The second-order valence-corrected chi connectivity index (χ2v) is 12.4. The monoisotopic (exact) mass is 685 g/mol. The molecule has 16 heteroatoms. The molecule has 48 heavy (non-hydrogen) atoms. The Kier molecular flexibility index (Phi) is 9.35. The van der Waals surface area contributed by atoms with Crippen molar-refractivity contribution >= 4 is 29.6 Å². The number of carbonyl (C=O) groups excluding carboxylic acids is 3. The number of rotatable bonds is 11. The van der Waals surface area contributed by atoms with Gasteiger partial charge in [-0.05, 0) is 65.8 Å². The molecule has 0 spiro atoms. The Bertz CT molecular complexity index is 1870. The molecule has 3 heterocycles. The molecule has 6 rings (SSSR count). The molecule has 3 aromatic rings. The van der Waals surface area contributed by atoms with Crippen LogP contribution in [0, 0.1) is 17.7 Å². The number of ether oxygens (including phenoxy) is 6. The van der Waals surface area contributed by atoms with Crippen molar-refractivity contribution in [2.24, 2.45) is 11.8 Å². The third-order valence-corrected chi connectivity index (χ3v) is 9.23. The van der Waals surface area contributed by atoms with Crippen molar-refractivity contribution in [3.05, 3.63) is 73.8 Å². The average Bonchev–Trinajstić information content (AvgIpc) is 3.68.